The first-order chi connectivity index (χ1) is 10.3. The van der Waals surface area contributed by atoms with E-state index in [-0.39, 0.29) is 5.82 Å². The number of H-pyrrole nitrogens is 1. The van der Waals surface area contributed by atoms with Crippen LogP contribution in [0.5, 0.6) is 0 Å². The zero-order valence-electron chi connectivity index (χ0n) is 11.8. The summed E-state index contributed by atoms with van der Waals surface area (Å²) in [6.07, 6.45) is 0.978. The normalized spacial score (nSPS) is 15.3. The number of hydrogen-bond acceptors (Lipinski definition) is 1. The third-order valence-corrected chi connectivity index (χ3v) is 4.27. The highest BCUT2D eigenvalue weighted by molar-refractivity contribution is 5.85. The molecule has 0 radical (unpaired) electrons. The highest BCUT2D eigenvalue weighted by Gasteiger charge is 2.20. The largest absolute Gasteiger partial charge is 0.357 e. The molecule has 1 N–H and O–H groups in total. The van der Waals surface area contributed by atoms with Crippen LogP contribution >= 0.6 is 0 Å². The molecule has 0 fully saturated rings. The van der Waals surface area contributed by atoms with Crippen molar-refractivity contribution in [2.45, 2.75) is 19.5 Å². The second kappa shape index (κ2) is 5.01. The van der Waals surface area contributed by atoms with Crippen LogP contribution in [-0.2, 0) is 19.5 Å². The summed E-state index contributed by atoms with van der Waals surface area (Å²) < 4.78 is 13.4. The molecular formula is C18H17FN2. The number of fused-ring (bicyclic) bond motifs is 3. The third kappa shape index (κ3) is 2.34. The van der Waals surface area contributed by atoms with Crippen molar-refractivity contribution in [1.82, 2.24) is 9.88 Å². The van der Waals surface area contributed by atoms with E-state index in [1.54, 1.807) is 6.07 Å². The Morgan fingerprint density at radius 1 is 1.10 bits per heavy atom. The van der Waals surface area contributed by atoms with Crippen LogP contribution in [0.15, 0.2) is 48.5 Å². The Morgan fingerprint density at radius 2 is 1.95 bits per heavy atom. The predicted molar refractivity (Wildman–Crippen MR) is 82.5 cm³/mol. The summed E-state index contributed by atoms with van der Waals surface area (Å²) in [6, 6.07) is 15.5. The minimum absolute atomic E-state index is 0.156. The number of nitrogens with one attached hydrogen (secondary N) is 1. The van der Waals surface area contributed by atoms with E-state index < -0.39 is 0 Å². The first kappa shape index (κ1) is 12.6. The van der Waals surface area contributed by atoms with Gasteiger partial charge in [-0.1, -0.05) is 30.3 Å². The van der Waals surface area contributed by atoms with Gasteiger partial charge in [0.05, 0.1) is 0 Å². The number of hydrogen-bond donors (Lipinski definition) is 1. The summed E-state index contributed by atoms with van der Waals surface area (Å²) in [7, 11) is 0. The lowest BCUT2D eigenvalue weighted by Crippen LogP contribution is -2.29. The molecule has 0 atom stereocenters. The highest BCUT2D eigenvalue weighted by Crippen LogP contribution is 2.28. The van der Waals surface area contributed by atoms with Crippen molar-refractivity contribution < 1.29 is 4.39 Å². The molecular weight excluding hydrogens is 263 g/mol. The maximum atomic E-state index is 13.4. The van der Waals surface area contributed by atoms with E-state index >= 15 is 0 Å². The molecule has 3 heteroatoms. The molecule has 0 aliphatic carbocycles. The molecule has 2 nitrogen and oxygen atoms in total. The van der Waals surface area contributed by atoms with Crippen LogP contribution in [0.2, 0.25) is 0 Å². The molecule has 0 saturated carbocycles. The molecule has 3 aromatic rings. The first-order valence-electron chi connectivity index (χ1n) is 7.35. The van der Waals surface area contributed by atoms with E-state index in [0.29, 0.717) is 0 Å². The van der Waals surface area contributed by atoms with Crippen molar-refractivity contribution in [2.24, 2.45) is 0 Å². The van der Waals surface area contributed by atoms with Crippen molar-refractivity contribution in [3.63, 3.8) is 0 Å². The fourth-order valence-electron chi connectivity index (χ4n) is 3.25. The van der Waals surface area contributed by atoms with Crippen LogP contribution in [0.1, 0.15) is 16.8 Å². The molecule has 1 aromatic heterocycles. The second-order valence-corrected chi connectivity index (χ2v) is 5.72. The SMILES string of the molecule is Fc1ccc2[nH]c3c(c2c1)CCN(Cc1ccccc1)C3. The first-order valence-corrected chi connectivity index (χ1v) is 7.35. The molecule has 0 bridgehead atoms. The van der Waals surface area contributed by atoms with Gasteiger partial charge in [-0.3, -0.25) is 4.90 Å². The van der Waals surface area contributed by atoms with Crippen molar-refractivity contribution in [3.05, 3.63) is 71.2 Å². The molecule has 0 amide bonds. The van der Waals surface area contributed by atoms with Crippen LogP contribution in [-0.4, -0.2) is 16.4 Å². The van der Waals surface area contributed by atoms with Gasteiger partial charge in [-0.05, 0) is 35.7 Å². The van der Waals surface area contributed by atoms with Crippen LogP contribution in [0.25, 0.3) is 10.9 Å². The van der Waals surface area contributed by atoms with Gasteiger partial charge in [-0.15, -0.1) is 0 Å². The van der Waals surface area contributed by atoms with Crippen LogP contribution in [0.4, 0.5) is 4.39 Å². The molecule has 2 heterocycles. The van der Waals surface area contributed by atoms with E-state index in [0.717, 1.165) is 37.0 Å². The number of nitrogens with zero attached hydrogens (tertiary/aromatic N) is 1. The Kier molecular flexibility index (Phi) is 3.00. The summed E-state index contributed by atoms with van der Waals surface area (Å²) in [5.41, 5.74) is 4.90. The molecule has 0 unspecified atom stereocenters. The summed E-state index contributed by atoms with van der Waals surface area (Å²) in [5, 5.41) is 1.05. The Hall–Kier alpha value is -2.13. The summed E-state index contributed by atoms with van der Waals surface area (Å²) in [6.45, 7) is 2.88. The van der Waals surface area contributed by atoms with Gasteiger partial charge in [-0.2, -0.15) is 0 Å². The Morgan fingerprint density at radius 3 is 2.81 bits per heavy atom. The monoisotopic (exact) mass is 280 g/mol. The lowest BCUT2D eigenvalue weighted by atomic mass is 10.0. The van der Waals surface area contributed by atoms with Crippen molar-refractivity contribution in [2.75, 3.05) is 6.54 Å². The summed E-state index contributed by atoms with van der Waals surface area (Å²) >= 11 is 0. The number of aromatic amines is 1. The van der Waals surface area contributed by atoms with Gasteiger partial charge in [0.25, 0.3) is 0 Å². The van der Waals surface area contributed by atoms with Crippen LogP contribution in [0, 0.1) is 5.82 Å². The van der Waals surface area contributed by atoms with Gasteiger partial charge in [-0.25, -0.2) is 4.39 Å². The quantitative estimate of drug-likeness (QED) is 0.755. The standard InChI is InChI=1S/C18H17FN2/c19-14-6-7-17-16(10-14)15-8-9-21(12-18(15)20-17)11-13-4-2-1-3-5-13/h1-7,10,20H,8-9,11-12H2. The van der Waals surface area contributed by atoms with Gasteiger partial charge in [0, 0.05) is 36.2 Å². The number of benzene rings is 2. The molecule has 1 aliphatic heterocycles. The van der Waals surface area contributed by atoms with Gasteiger partial charge in [0.2, 0.25) is 0 Å². The van der Waals surface area contributed by atoms with Crippen LogP contribution in [0.3, 0.4) is 0 Å². The molecule has 106 valence electrons. The third-order valence-electron chi connectivity index (χ3n) is 4.27. The average Bonchev–Trinajstić information content (AvgIpc) is 2.85. The highest BCUT2D eigenvalue weighted by atomic mass is 19.1. The maximum Gasteiger partial charge on any atom is 0.123 e. The topological polar surface area (TPSA) is 19.0 Å². The van der Waals surface area contributed by atoms with E-state index in [2.05, 4.69) is 34.1 Å². The number of rotatable bonds is 2. The smallest absolute Gasteiger partial charge is 0.123 e. The van der Waals surface area contributed by atoms with E-state index in [1.165, 1.54) is 22.9 Å². The maximum absolute atomic E-state index is 13.4. The molecule has 4 rings (SSSR count). The van der Waals surface area contributed by atoms with Crippen molar-refractivity contribution in [3.8, 4) is 0 Å². The van der Waals surface area contributed by atoms with Crippen molar-refractivity contribution in [1.29, 1.82) is 0 Å². The minimum atomic E-state index is -0.156. The van der Waals surface area contributed by atoms with Gasteiger partial charge in [0.15, 0.2) is 0 Å². The van der Waals surface area contributed by atoms with E-state index in [4.69, 9.17) is 0 Å². The Bertz CT molecular complexity index is 777. The zero-order valence-corrected chi connectivity index (χ0v) is 11.8. The molecule has 2 aromatic carbocycles. The molecule has 1 aliphatic rings. The van der Waals surface area contributed by atoms with E-state index in [1.807, 2.05) is 12.1 Å². The predicted octanol–water partition coefficient (Wildman–Crippen LogP) is 3.87. The van der Waals surface area contributed by atoms with Crippen LogP contribution < -0.4 is 0 Å². The summed E-state index contributed by atoms with van der Waals surface area (Å²) in [4.78, 5) is 5.88. The molecule has 0 spiro atoms. The van der Waals surface area contributed by atoms with Crippen molar-refractivity contribution >= 4 is 10.9 Å². The molecule has 0 saturated heterocycles. The van der Waals surface area contributed by atoms with Gasteiger partial charge < -0.3 is 4.98 Å². The number of aromatic nitrogens is 1. The lowest BCUT2D eigenvalue weighted by Gasteiger charge is -2.27. The number of halogens is 1. The van der Waals surface area contributed by atoms with Gasteiger partial charge >= 0.3 is 0 Å². The Labute approximate surface area is 123 Å². The fourth-order valence-corrected chi connectivity index (χ4v) is 3.25. The van der Waals surface area contributed by atoms with E-state index in [9.17, 15) is 4.39 Å². The minimum Gasteiger partial charge on any atom is -0.357 e. The zero-order chi connectivity index (χ0) is 14.2. The summed E-state index contributed by atoms with van der Waals surface area (Å²) in [5.74, 6) is -0.156. The lowest BCUT2D eigenvalue weighted by molar-refractivity contribution is 0.243. The second-order valence-electron chi connectivity index (χ2n) is 5.72. The molecule has 21 heavy (non-hydrogen) atoms. The Balaban J connectivity index is 1.62. The van der Waals surface area contributed by atoms with Gasteiger partial charge in [0.1, 0.15) is 5.82 Å². The fraction of sp³-hybridized carbons (Fsp3) is 0.222. The average molecular weight is 280 g/mol.